The number of nitrogens with one attached hydrogen (secondary N) is 1. The summed E-state index contributed by atoms with van der Waals surface area (Å²) in [6.07, 6.45) is 5.91. The van der Waals surface area contributed by atoms with Crippen molar-refractivity contribution in [2.45, 2.75) is 56.0 Å². The minimum Gasteiger partial charge on any atom is -0.353 e. The Morgan fingerprint density at radius 3 is 2.30 bits per heavy atom. The van der Waals surface area contributed by atoms with Crippen LogP contribution >= 0.6 is 11.6 Å². The molecule has 0 aliphatic heterocycles. The van der Waals surface area contributed by atoms with Gasteiger partial charge in [-0.15, -0.1) is 0 Å². The summed E-state index contributed by atoms with van der Waals surface area (Å²) in [5.74, 6) is 0.181. The summed E-state index contributed by atoms with van der Waals surface area (Å²) < 4.78 is 0. The predicted octanol–water partition coefficient (Wildman–Crippen LogP) is 2.76. The minimum atomic E-state index is -0.301. The summed E-state index contributed by atoms with van der Waals surface area (Å²) in [5.41, 5.74) is 6.69. The lowest BCUT2D eigenvalue weighted by molar-refractivity contribution is -0.124. The van der Waals surface area contributed by atoms with Crippen LogP contribution in [0, 0.1) is 0 Å². The van der Waals surface area contributed by atoms with Crippen molar-refractivity contribution < 1.29 is 4.79 Å². The number of amides is 1. The minimum absolute atomic E-state index is 0.181. The van der Waals surface area contributed by atoms with Crippen molar-refractivity contribution >= 4 is 17.5 Å². The number of carbonyl (C=O) groups excluding carboxylic acids is 1. The Morgan fingerprint density at radius 2 is 1.75 bits per heavy atom. The van der Waals surface area contributed by atoms with Crippen LogP contribution in [0.2, 0.25) is 5.02 Å². The maximum atomic E-state index is 12.6. The van der Waals surface area contributed by atoms with Crippen LogP contribution in [-0.4, -0.2) is 18.0 Å². The van der Waals surface area contributed by atoms with Gasteiger partial charge >= 0.3 is 0 Å². The Balaban J connectivity index is 1.66. The highest BCUT2D eigenvalue weighted by Gasteiger charge is 2.51. The number of rotatable bonds is 3. The molecule has 4 heteroatoms. The van der Waals surface area contributed by atoms with Gasteiger partial charge < -0.3 is 11.1 Å². The first-order valence-corrected chi connectivity index (χ1v) is 7.80. The third-order valence-corrected chi connectivity index (χ3v) is 4.94. The average Bonchev–Trinajstić information content (AvgIpc) is 3.24. The second kappa shape index (κ2) is 5.38. The van der Waals surface area contributed by atoms with Crippen LogP contribution in [0.25, 0.3) is 0 Å². The monoisotopic (exact) mass is 292 g/mol. The van der Waals surface area contributed by atoms with Gasteiger partial charge in [0, 0.05) is 17.1 Å². The largest absolute Gasteiger partial charge is 0.353 e. The first-order chi connectivity index (χ1) is 9.60. The molecule has 1 aromatic carbocycles. The first kappa shape index (κ1) is 13.9. The zero-order chi connectivity index (χ0) is 14.2. The van der Waals surface area contributed by atoms with E-state index in [1.165, 1.54) is 0 Å². The highest BCUT2D eigenvalue weighted by molar-refractivity contribution is 6.30. The molecule has 0 atom stereocenters. The van der Waals surface area contributed by atoms with Gasteiger partial charge in [-0.05, 0) is 56.2 Å². The van der Waals surface area contributed by atoms with E-state index in [1.54, 1.807) is 0 Å². The van der Waals surface area contributed by atoms with Crippen molar-refractivity contribution in [1.82, 2.24) is 5.32 Å². The summed E-state index contributed by atoms with van der Waals surface area (Å²) in [4.78, 5) is 12.6. The van der Waals surface area contributed by atoms with Crippen molar-refractivity contribution in [2.24, 2.45) is 5.73 Å². The number of carbonyl (C=O) groups is 1. The van der Waals surface area contributed by atoms with Gasteiger partial charge in [-0.2, -0.15) is 0 Å². The fourth-order valence-electron chi connectivity index (χ4n) is 3.13. The summed E-state index contributed by atoms with van der Waals surface area (Å²) in [7, 11) is 0. The van der Waals surface area contributed by atoms with Crippen LogP contribution in [0.5, 0.6) is 0 Å². The molecule has 2 saturated carbocycles. The Hall–Kier alpha value is -1.06. The maximum absolute atomic E-state index is 12.6. The fourth-order valence-corrected chi connectivity index (χ4v) is 3.25. The smallest absolute Gasteiger partial charge is 0.230 e. The van der Waals surface area contributed by atoms with Crippen LogP contribution in [0.15, 0.2) is 24.3 Å². The molecule has 20 heavy (non-hydrogen) atoms. The van der Waals surface area contributed by atoms with Crippen LogP contribution in [-0.2, 0) is 10.2 Å². The van der Waals surface area contributed by atoms with Gasteiger partial charge in [0.05, 0.1) is 5.41 Å². The van der Waals surface area contributed by atoms with Crippen molar-refractivity contribution in [3.8, 4) is 0 Å². The summed E-state index contributed by atoms with van der Waals surface area (Å²) in [5, 5.41) is 3.94. The van der Waals surface area contributed by atoms with E-state index in [0.717, 1.165) is 44.1 Å². The van der Waals surface area contributed by atoms with Crippen LogP contribution in [0.4, 0.5) is 0 Å². The Kier molecular flexibility index (Phi) is 3.74. The lowest BCUT2D eigenvalue weighted by atomic mass is 9.90. The van der Waals surface area contributed by atoms with Gasteiger partial charge in [0.15, 0.2) is 0 Å². The Bertz CT molecular complexity index is 488. The summed E-state index contributed by atoms with van der Waals surface area (Å²) in [6.45, 7) is 0. The zero-order valence-electron chi connectivity index (χ0n) is 11.6. The van der Waals surface area contributed by atoms with Crippen LogP contribution < -0.4 is 11.1 Å². The van der Waals surface area contributed by atoms with Gasteiger partial charge in [0.2, 0.25) is 5.91 Å². The molecule has 108 valence electrons. The van der Waals surface area contributed by atoms with Gasteiger partial charge in [-0.25, -0.2) is 0 Å². The second-order valence-electron chi connectivity index (χ2n) is 6.17. The van der Waals surface area contributed by atoms with E-state index in [1.807, 2.05) is 24.3 Å². The Labute approximate surface area is 124 Å². The standard InChI is InChI=1S/C16H21ClN2O/c17-12-3-1-11(2-4-12)16(9-10-16)15(20)19-14-7-5-13(18)6-8-14/h1-4,13-14H,5-10,18H2,(H,19,20). The highest BCUT2D eigenvalue weighted by atomic mass is 35.5. The number of benzene rings is 1. The van der Waals surface area contributed by atoms with E-state index in [9.17, 15) is 4.79 Å². The molecule has 0 radical (unpaired) electrons. The fraction of sp³-hybridized carbons (Fsp3) is 0.562. The molecule has 2 aliphatic carbocycles. The molecule has 1 aromatic rings. The molecule has 0 aromatic heterocycles. The third-order valence-electron chi connectivity index (χ3n) is 4.69. The van der Waals surface area contributed by atoms with Gasteiger partial charge in [0.1, 0.15) is 0 Å². The van der Waals surface area contributed by atoms with E-state index in [0.29, 0.717) is 17.1 Å². The number of nitrogens with two attached hydrogens (primary N) is 1. The molecule has 2 fully saturated rings. The third kappa shape index (κ3) is 2.70. The molecular weight excluding hydrogens is 272 g/mol. The highest BCUT2D eigenvalue weighted by Crippen LogP contribution is 2.48. The van der Waals surface area contributed by atoms with Crippen molar-refractivity contribution in [1.29, 1.82) is 0 Å². The van der Waals surface area contributed by atoms with Crippen molar-refractivity contribution in [3.05, 3.63) is 34.9 Å². The molecule has 2 aliphatic rings. The summed E-state index contributed by atoms with van der Waals surface area (Å²) >= 11 is 5.92. The molecule has 3 nitrogen and oxygen atoms in total. The van der Waals surface area contributed by atoms with Crippen LogP contribution in [0.3, 0.4) is 0 Å². The number of hydrogen-bond donors (Lipinski definition) is 2. The van der Waals surface area contributed by atoms with Crippen molar-refractivity contribution in [3.63, 3.8) is 0 Å². The molecule has 0 bridgehead atoms. The molecule has 1 amide bonds. The SMILES string of the molecule is NC1CCC(NC(=O)C2(c3ccc(Cl)cc3)CC2)CC1. The number of hydrogen-bond acceptors (Lipinski definition) is 2. The quantitative estimate of drug-likeness (QED) is 0.900. The second-order valence-corrected chi connectivity index (χ2v) is 6.61. The van der Waals surface area contributed by atoms with E-state index < -0.39 is 0 Å². The lowest BCUT2D eigenvalue weighted by Crippen LogP contribution is -2.44. The molecule has 0 unspecified atom stereocenters. The van der Waals surface area contributed by atoms with E-state index >= 15 is 0 Å². The summed E-state index contributed by atoms with van der Waals surface area (Å²) in [6, 6.07) is 8.30. The maximum Gasteiger partial charge on any atom is 0.230 e. The predicted molar refractivity (Wildman–Crippen MR) is 80.7 cm³/mol. The Morgan fingerprint density at radius 1 is 1.15 bits per heavy atom. The normalized spacial score (nSPS) is 27.9. The molecule has 0 spiro atoms. The van der Waals surface area contributed by atoms with Gasteiger partial charge in [-0.3, -0.25) is 4.79 Å². The average molecular weight is 293 g/mol. The van der Waals surface area contributed by atoms with E-state index in [2.05, 4.69) is 5.32 Å². The molecular formula is C16H21ClN2O. The van der Waals surface area contributed by atoms with Gasteiger partial charge in [-0.1, -0.05) is 23.7 Å². The first-order valence-electron chi connectivity index (χ1n) is 7.43. The lowest BCUT2D eigenvalue weighted by Gasteiger charge is -2.28. The molecule has 3 rings (SSSR count). The zero-order valence-corrected chi connectivity index (χ0v) is 12.3. The number of halogens is 1. The molecule has 0 heterocycles. The van der Waals surface area contributed by atoms with Crippen LogP contribution in [0.1, 0.15) is 44.1 Å². The van der Waals surface area contributed by atoms with E-state index in [-0.39, 0.29) is 11.3 Å². The topological polar surface area (TPSA) is 55.1 Å². The molecule has 3 N–H and O–H groups in total. The van der Waals surface area contributed by atoms with Crippen molar-refractivity contribution in [2.75, 3.05) is 0 Å². The molecule has 0 saturated heterocycles. The van der Waals surface area contributed by atoms with E-state index in [4.69, 9.17) is 17.3 Å². The van der Waals surface area contributed by atoms with Gasteiger partial charge in [0.25, 0.3) is 0 Å².